The van der Waals surface area contributed by atoms with Crippen molar-refractivity contribution in [2.24, 2.45) is 0 Å². The SMILES string of the molecule is CC(C)c1cccc(C(=O)Nc2ncn(CC(=O)O)n2)c1. The number of benzene rings is 1. The van der Waals surface area contributed by atoms with E-state index < -0.39 is 5.97 Å². The summed E-state index contributed by atoms with van der Waals surface area (Å²) in [5.74, 6) is -0.949. The largest absolute Gasteiger partial charge is 0.480 e. The fourth-order valence-electron chi connectivity index (χ4n) is 1.78. The van der Waals surface area contributed by atoms with Crippen LogP contribution in [0.4, 0.5) is 5.95 Å². The molecular weight excluding hydrogens is 272 g/mol. The molecule has 0 spiro atoms. The van der Waals surface area contributed by atoms with Crippen LogP contribution in [-0.2, 0) is 11.3 Å². The molecular formula is C14H16N4O3. The molecule has 7 nitrogen and oxygen atoms in total. The van der Waals surface area contributed by atoms with Crippen LogP contribution in [0.1, 0.15) is 35.7 Å². The second-order valence-electron chi connectivity index (χ2n) is 4.89. The Morgan fingerprint density at radius 2 is 2.14 bits per heavy atom. The summed E-state index contributed by atoms with van der Waals surface area (Å²) < 4.78 is 1.14. The molecule has 1 heterocycles. The highest BCUT2D eigenvalue weighted by molar-refractivity contribution is 6.03. The lowest BCUT2D eigenvalue weighted by Gasteiger charge is -2.07. The summed E-state index contributed by atoms with van der Waals surface area (Å²) in [7, 11) is 0. The average molecular weight is 288 g/mol. The molecule has 1 aromatic carbocycles. The first-order chi connectivity index (χ1) is 9.95. The maximum Gasteiger partial charge on any atom is 0.325 e. The quantitative estimate of drug-likeness (QED) is 0.873. The number of anilines is 1. The van der Waals surface area contributed by atoms with Gasteiger partial charge in [-0.05, 0) is 23.6 Å². The van der Waals surface area contributed by atoms with E-state index in [0.29, 0.717) is 11.5 Å². The van der Waals surface area contributed by atoms with Gasteiger partial charge >= 0.3 is 5.97 Å². The predicted molar refractivity (Wildman–Crippen MR) is 76.1 cm³/mol. The topological polar surface area (TPSA) is 97.1 Å². The van der Waals surface area contributed by atoms with E-state index in [4.69, 9.17) is 5.11 Å². The predicted octanol–water partition coefficient (Wildman–Crippen LogP) is 1.74. The lowest BCUT2D eigenvalue weighted by atomic mass is 10.0. The van der Waals surface area contributed by atoms with Crippen molar-refractivity contribution in [1.82, 2.24) is 14.8 Å². The van der Waals surface area contributed by atoms with Gasteiger partial charge in [0, 0.05) is 5.56 Å². The Balaban J connectivity index is 2.09. The average Bonchev–Trinajstić information content (AvgIpc) is 2.85. The molecule has 21 heavy (non-hydrogen) atoms. The summed E-state index contributed by atoms with van der Waals surface area (Å²) in [6.45, 7) is 3.80. The van der Waals surface area contributed by atoms with Gasteiger partial charge in [0.05, 0.1) is 0 Å². The summed E-state index contributed by atoms with van der Waals surface area (Å²) in [5, 5.41) is 15.1. The number of carboxylic acids is 1. The van der Waals surface area contributed by atoms with E-state index in [1.54, 1.807) is 6.07 Å². The molecule has 0 aliphatic heterocycles. The lowest BCUT2D eigenvalue weighted by molar-refractivity contribution is -0.137. The van der Waals surface area contributed by atoms with Gasteiger partial charge in [-0.25, -0.2) is 9.67 Å². The number of carbonyl (C=O) groups excluding carboxylic acids is 1. The lowest BCUT2D eigenvalue weighted by Crippen LogP contribution is -2.14. The zero-order chi connectivity index (χ0) is 15.4. The molecule has 2 N–H and O–H groups in total. The maximum atomic E-state index is 12.1. The van der Waals surface area contributed by atoms with Gasteiger partial charge in [-0.2, -0.15) is 0 Å². The van der Waals surface area contributed by atoms with E-state index in [1.165, 1.54) is 6.33 Å². The molecule has 0 bridgehead atoms. The minimum absolute atomic E-state index is 0.0798. The van der Waals surface area contributed by atoms with Gasteiger partial charge in [0.25, 0.3) is 5.91 Å². The molecule has 0 aliphatic carbocycles. The van der Waals surface area contributed by atoms with Crippen molar-refractivity contribution in [1.29, 1.82) is 0 Å². The van der Waals surface area contributed by atoms with Crippen LogP contribution < -0.4 is 5.32 Å². The molecule has 0 unspecified atom stereocenters. The van der Waals surface area contributed by atoms with E-state index in [2.05, 4.69) is 15.4 Å². The van der Waals surface area contributed by atoms with Crippen LogP contribution in [0, 0.1) is 0 Å². The number of hydrogen-bond acceptors (Lipinski definition) is 4. The summed E-state index contributed by atoms with van der Waals surface area (Å²) >= 11 is 0. The third-order valence-corrected chi connectivity index (χ3v) is 2.87. The molecule has 0 saturated carbocycles. The minimum atomic E-state index is -1.03. The second-order valence-corrected chi connectivity index (χ2v) is 4.89. The van der Waals surface area contributed by atoms with Gasteiger partial charge in [-0.15, -0.1) is 5.10 Å². The Hall–Kier alpha value is -2.70. The van der Waals surface area contributed by atoms with Crippen LogP contribution >= 0.6 is 0 Å². The zero-order valence-corrected chi connectivity index (χ0v) is 11.8. The number of rotatable bonds is 5. The normalized spacial score (nSPS) is 10.6. The monoisotopic (exact) mass is 288 g/mol. The second kappa shape index (κ2) is 6.17. The third-order valence-electron chi connectivity index (χ3n) is 2.87. The van der Waals surface area contributed by atoms with E-state index in [9.17, 15) is 9.59 Å². The van der Waals surface area contributed by atoms with Crippen molar-refractivity contribution in [3.05, 3.63) is 41.7 Å². The van der Waals surface area contributed by atoms with E-state index in [0.717, 1.165) is 10.2 Å². The summed E-state index contributed by atoms with van der Waals surface area (Å²) in [4.78, 5) is 26.5. The molecule has 7 heteroatoms. The van der Waals surface area contributed by atoms with Gasteiger partial charge in [0.1, 0.15) is 12.9 Å². The number of nitrogens with one attached hydrogen (secondary N) is 1. The van der Waals surface area contributed by atoms with Crippen molar-refractivity contribution in [3.63, 3.8) is 0 Å². The standard InChI is InChI=1S/C14H16N4O3/c1-9(2)10-4-3-5-11(6-10)13(21)16-14-15-8-18(17-14)7-12(19)20/h3-6,8-9H,7H2,1-2H3,(H,19,20)(H,16,17,21). The summed E-state index contributed by atoms with van der Waals surface area (Å²) in [6.07, 6.45) is 1.26. The molecule has 110 valence electrons. The van der Waals surface area contributed by atoms with Crippen LogP contribution in [0.2, 0.25) is 0 Å². The molecule has 1 aromatic heterocycles. The number of carboxylic acid groups (broad SMARTS) is 1. The molecule has 0 atom stereocenters. The number of hydrogen-bond donors (Lipinski definition) is 2. The fraction of sp³-hybridized carbons (Fsp3) is 0.286. The van der Waals surface area contributed by atoms with Crippen LogP contribution in [-0.4, -0.2) is 31.7 Å². The molecule has 1 amide bonds. The smallest absolute Gasteiger partial charge is 0.325 e. The number of aliphatic carboxylic acids is 1. The third kappa shape index (κ3) is 3.88. The first-order valence-corrected chi connectivity index (χ1v) is 6.48. The number of carbonyl (C=O) groups is 2. The van der Waals surface area contributed by atoms with E-state index in [1.807, 2.05) is 32.0 Å². The van der Waals surface area contributed by atoms with Gasteiger partial charge in [0.15, 0.2) is 0 Å². The van der Waals surface area contributed by atoms with Crippen LogP contribution in [0.5, 0.6) is 0 Å². The number of nitrogens with zero attached hydrogens (tertiary/aromatic N) is 3. The van der Waals surface area contributed by atoms with Gasteiger partial charge < -0.3 is 5.11 Å². The Morgan fingerprint density at radius 3 is 2.81 bits per heavy atom. The van der Waals surface area contributed by atoms with E-state index in [-0.39, 0.29) is 18.4 Å². The van der Waals surface area contributed by atoms with Crippen molar-refractivity contribution in [2.45, 2.75) is 26.3 Å². The maximum absolute atomic E-state index is 12.1. The molecule has 2 aromatic rings. The van der Waals surface area contributed by atoms with Crippen LogP contribution in [0.15, 0.2) is 30.6 Å². The Bertz CT molecular complexity index is 664. The molecule has 0 saturated heterocycles. The zero-order valence-electron chi connectivity index (χ0n) is 11.8. The van der Waals surface area contributed by atoms with Crippen molar-refractivity contribution in [2.75, 3.05) is 5.32 Å². The van der Waals surface area contributed by atoms with Gasteiger partial charge in [-0.3, -0.25) is 14.9 Å². The number of amides is 1. The highest BCUT2D eigenvalue weighted by Crippen LogP contribution is 2.16. The fourth-order valence-corrected chi connectivity index (χ4v) is 1.78. The van der Waals surface area contributed by atoms with Gasteiger partial charge in [-0.1, -0.05) is 26.0 Å². The Morgan fingerprint density at radius 1 is 1.38 bits per heavy atom. The van der Waals surface area contributed by atoms with Crippen LogP contribution in [0.3, 0.4) is 0 Å². The minimum Gasteiger partial charge on any atom is -0.480 e. The Kier molecular flexibility index (Phi) is 4.32. The molecule has 0 radical (unpaired) electrons. The van der Waals surface area contributed by atoms with Crippen molar-refractivity contribution in [3.8, 4) is 0 Å². The number of aromatic nitrogens is 3. The van der Waals surface area contributed by atoms with Crippen LogP contribution in [0.25, 0.3) is 0 Å². The van der Waals surface area contributed by atoms with E-state index >= 15 is 0 Å². The highest BCUT2D eigenvalue weighted by atomic mass is 16.4. The highest BCUT2D eigenvalue weighted by Gasteiger charge is 2.11. The van der Waals surface area contributed by atoms with Crippen molar-refractivity contribution < 1.29 is 14.7 Å². The Labute approximate surface area is 121 Å². The van der Waals surface area contributed by atoms with Gasteiger partial charge in [0.2, 0.25) is 5.95 Å². The molecule has 0 aliphatic rings. The summed E-state index contributed by atoms with van der Waals surface area (Å²) in [5.41, 5.74) is 1.57. The first-order valence-electron chi connectivity index (χ1n) is 6.48. The molecule has 2 rings (SSSR count). The van der Waals surface area contributed by atoms with Crippen molar-refractivity contribution >= 4 is 17.8 Å². The molecule has 0 fully saturated rings. The first kappa shape index (κ1) is 14.7. The summed E-state index contributed by atoms with van der Waals surface area (Å²) in [6, 6.07) is 7.30.